The highest BCUT2D eigenvalue weighted by Crippen LogP contribution is 2.40. The van der Waals surface area contributed by atoms with Gasteiger partial charge < -0.3 is 10.6 Å². The Bertz CT molecular complexity index is 479. The summed E-state index contributed by atoms with van der Waals surface area (Å²) in [5, 5.41) is 0. The minimum atomic E-state index is -0.181. The summed E-state index contributed by atoms with van der Waals surface area (Å²) in [6.45, 7) is 2.92. The first-order valence-corrected chi connectivity index (χ1v) is 7.61. The standard InChI is InChI=1S/C16H24FN3/c1-19(14-6-4-5-13(17)11-14)16(12-18)8-10-20-9-3-2-7-15(16)20/h4-6,11,15H,2-3,7-10,12,18H2,1H3. The van der Waals surface area contributed by atoms with Crippen LogP contribution in [0.4, 0.5) is 10.1 Å². The Kier molecular flexibility index (Phi) is 3.69. The van der Waals surface area contributed by atoms with E-state index in [1.165, 1.54) is 31.9 Å². The second kappa shape index (κ2) is 5.34. The molecule has 3 rings (SSSR count). The zero-order valence-electron chi connectivity index (χ0n) is 12.2. The number of hydrogen-bond donors (Lipinski definition) is 1. The van der Waals surface area contributed by atoms with Crippen molar-refractivity contribution in [2.75, 3.05) is 31.6 Å². The van der Waals surface area contributed by atoms with Gasteiger partial charge in [0.15, 0.2) is 0 Å². The molecule has 2 unspecified atom stereocenters. The molecule has 0 spiro atoms. The third-order valence-corrected chi connectivity index (χ3v) is 5.28. The van der Waals surface area contributed by atoms with Crippen LogP contribution in [0.1, 0.15) is 25.7 Å². The van der Waals surface area contributed by atoms with Gasteiger partial charge in [-0.2, -0.15) is 0 Å². The highest BCUT2D eigenvalue weighted by molar-refractivity contribution is 5.50. The molecule has 2 N–H and O–H groups in total. The van der Waals surface area contributed by atoms with Crippen LogP contribution in [0.2, 0.25) is 0 Å². The number of likely N-dealkylation sites (N-methyl/N-ethyl adjacent to an activating group) is 1. The van der Waals surface area contributed by atoms with Gasteiger partial charge >= 0.3 is 0 Å². The summed E-state index contributed by atoms with van der Waals surface area (Å²) in [6.07, 6.45) is 4.85. The van der Waals surface area contributed by atoms with Crippen molar-refractivity contribution in [1.82, 2.24) is 4.90 Å². The van der Waals surface area contributed by atoms with Crippen LogP contribution in [0, 0.1) is 5.82 Å². The lowest BCUT2D eigenvalue weighted by Gasteiger charge is -2.47. The van der Waals surface area contributed by atoms with Crippen LogP contribution in [0.5, 0.6) is 0 Å². The zero-order valence-corrected chi connectivity index (χ0v) is 12.2. The van der Waals surface area contributed by atoms with Gasteiger partial charge in [-0.15, -0.1) is 0 Å². The van der Waals surface area contributed by atoms with Gasteiger partial charge in [0.25, 0.3) is 0 Å². The third kappa shape index (κ3) is 2.11. The normalized spacial score (nSPS) is 30.2. The van der Waals surface area contributed by atoms with Gasteiger partial charge in [-0.1, -0.05) is 12.5 Å². The monoisotopic (exact) mass is 277 g/mol. The van der Waals surface area contributed by atoms with Crippen LogP contribution in [-0.2, 0) is 0 Å². The van der Waals surface area contributed by atoms with Gasteiger partial charge in [0.2, 0.25) is 0 Å². The molecule has 0 bridgehead atoms. The molecule has 4 heteroatoms. The number of hydrogen-bond acceptors (Lipinski definition) is 3. The van der Waals surface area contributed by atoms with E-state index in [4.69, 9.17) is 5.73 Å². The molecule has 1 aromatic rings. The molecular formula is C16H24FN3. The Hall–Kier alpha value is -1.13. The molecule has 2 heterocycles. The fourth-order valence-electron chi connectivity index (χ4n) is 4.08. The van der Waals surface area contributed by atoms with E-state index in [0.717, 1.165) is 18.7 Å². The molecule has 0 amide bonds. The maximum Gasteiger partial charge on any atom is 0.125 e. The Labute approximate surface area is 120 Å². The summed E-state index contributed by atoms with van der Waals surface area (Å²) in [5.41, 5.74) is 7.08. The van der Waals surface area contributed by atoms with E-state index in [1.807, 2.05) is 6.07 Å². The summed E-state index contributed by atoms with van der Waals surface area (Å²) in [7, 11) is 2.07. The van der Waals surface area contributed by atoms with Crippen LogP contribution in [0.3, 0.4) is 0 Å². The highest BCUT2D eigenvalue weighted by atomic mass is 19.1. The van der Waals surface area contributed by atoms with Crippen molar-refractivity contribution in [2.24, 2.45) is 5.73 Å². The number of nitrogens with zero attached hydrogens (tertiary/aromatic N) is 2. The van der Waals surface area contributed by atoms with Crippen molar-refractivity contribution in [1.29, 1.82) is 0 Å². The molecule has 2 aliphatic rings. The third-order valence-electron chi connectivity index (χ3n) is 5.28. The van der Waals surface area contributed by atoms with E-state index in [0.29, 0.717) is 12.6 Å². The summed E-state index contributed by atoms with van der Waals surface area (Å²) in [6, 6.07) is 7.37. The maximum atomic E-state index is 13.5. The van der Waals surface area contributed by atoms with E-state index in [9.17, 15) is 4.39 Å². The second-order valence-corrected chi connectivity index (χ2v) is 6.14. The fraction of sp³-hybridized carbons (Fsp3) is 0.625. The molecule has 3 nitrogen and oxygen atoms in total. The molecule has 1 aromatic carbocycles. The number of rotatable bonds is 3. The number of nitrogens with two attached hydrogens (primary N) is 1. The Morgan fingerprint density at radius 3 is 3.00 bits per heavy atom. The Morgan fingerprint density at radius 1 is 1.40 bits per heavy atom. The first-order chi connectivity index (χ1) is 9.67. The molecule has 0 aromatic heterocycles. The van der Waals surface area contributed by atoms with Crippen molar-refractivity contribution in [3.8, 4) is 0 Å². The van der Waals surface area contributed by atoms with Crippen LogP contribution in [-0.4, -0.2) is 43.2 Å². The molecule has 0 radical (unpaired) electrons. The van der Waals surface area contributed by atoms with Crippen LogP contribution >= 0.6 is 0 Å². The van der Waals surface area contributed by atoms with Gasteiger partial charge in [0.1, 0.15) is 5.82 Å². The van der Waals surface area contributed by atoms with Gasteiger partial charge in [-0.05, 0) is 44.0 Å². The van der Waals surface area contributed by atoms with Crippen LogP contribution in [0.25, 0.3) is 0 Å². The Balaban J connectivity index is 1.92. The summed E-state index contributed by atoms with van der Waals surface area (Å²) in [4.78, 5) is 4.80. The van der Waals surface area contributed by atoms with Gasteiger partial charge in [-0.25, -0.2) is 4.39 Å². The predicted molar refractivity (Wildman–Crippen MR) is 80.4 cm³/mol. The van der Waals surface area contributed by atoms with Crippen LogP contribution in [0.15, 0.2) is 24.3 Å². The number of anilines is 1. The van der Waals surface area contributed by atoms with Gasteiger partial charge in [0.05, 0.1) is 5.54 Å². The number of piperidine rings is 1. The largest absolute Gasteiger partial charge is 0.366 e. The molecular weight excluding hydrogens is 253 g/mol. The summed E-state index contributed by atoms with van der Waals surface area (Å²) >= 11 is 0. The van der Waals surface area contributed by atoms with Crippen molar-refractivity contribution < 1.29 is 4.39 Å². The van der Waals surface area contributed by atoms with Crippen molar-refractivity contribution >= 4 is 5.69 Å². The van der Waals surface area contributed by atoms with Crippen molar-refractivity contribution in [3.63, 3.8) is 0 Å². The summed E-state index contributed by atoms with van der Waals surface area (Å²) < 4.78 is 13.5. The first-order valence-electron chi connectivity index (χ1n) is 7.61. The minimum Gasteiger partial charge on any atom is -0.366 e. The molecule has 2 fully saturated rings. The zero-order chi connectivity index (χ0) is 14.2. The van der Waals surface area contributed by atoms with E-state index in [2.05, 4.69) is 16.8 Å². The lowest BCUT2D eigenvalue weighted by atomic mass is 9.83. The quantitative estimate of drug-likeness (QED) is 0.919. The predicted octanol–water partition coefficient (Wildman–Crippen LogP) is 2.22. The summed E-state index contributed by atoms with van der Waals surface area (Å²) in [5.74, 6) is -0.181. The number of benzene rings is 1. The lowest BCUT2D eigenvalue weighted by Crippen LogP contribution is -2.61. The molecule has 110 valence electrons. The van der Waals surface area contributed by atoms with E-state index >= 15 is 0 Å². The average molecular weight is 277 g/mol. The lowest BCUT2D eigenvalue weighted by molar-refractivity contribution is 0.157. The van der Waals surface area contributed by atoms with E-state index < -0.39 is 0 Å². The smallest absolute Gasteiger partial charge is 0.125 e. The van der Waals surface area contributed by atoms with Crippen LogP contribution < -0.4 is 10.6 Å². The van der Waals surface area contributed by atoms with Crippen molar-refractivity contribution in [2.45, 2.75) is 37.3 Å². The first kappa shape index (κ1) is 13.8. The number of fused-ring (bicyclic) bond motifs is 1. The Morgan fingerprint density at radius 2 is 2.25 bits per heavy atom. The van der Waals surface area contributed by atoms with Gasteiger partial charge in [-0.3, -0.25) is 4.90 Å². The average Bonchev–Trinajstić information content (AvgIpc) is 2.86. The fourth-order valence-corrected chi connectivity index (χ4v) is 4.08. The van der Waals surface area contributed by atoms with Gasteiger partial charge in [0, 0.05) is 31.9 Å². The molecule has 2 saturated heterocycles. The topological polar surface area (TPSA) is 32.5 Å². The minimum absolute atomic E-state index is 0.0474. The molecule has 0 saturated carbocycles. The van der Waals surface area contributed by atoms with Crippen molar-refractivity contribution in [3.05, 3.63) is 30.1 Å². The van der Waals surface area contributed by atoms with E-state index in [-0.39, 0.29) is 11.4 Å². The highest BCUT2D eigenvalue weighted by Gasteiger charge is 2.49. The molecule has 2 atom stereocenters. The molecule has 0 aliphatic carbocycles. The molecule has 20 heavy (non-hydrogen) atoms. The second-order valence-electron chi connectivity index (χ2n) is 6.14. The SMILES string of the molecule is CN(c1cccc(F)c1)C1(CN)CCN2CCCCC21. The maximum absolute atomic E-state index is 13.5. The number of halogens is 1. The molecule has 2 aliphatic heterocycles. The van der Waals surface area contributed by atoms with E-state index in [1.54, 1.807) is 12.1 Å².